The predicted octanol–water partition coefficient (Wildman–Crippen LogP) is 3.07. The van der Waals surface area contributed by atoms with E-state index in [4.69, 9.17) is 9.47 Å². The van der Waals surface area contributed by atoms with E-state index in [0.717, 1.165) is 30.4 Å². The number of carbonyl (C=O) groups is 1. The zero-order chi connectivity index (χ0) is 14.0. The summed E-state index contributed by atoms with van der Waals surface area (Å²) in [5.41, 5.74) is 2.06. The molecule has 0 bridgehead atoms. The van der Waals surface area contributed by atoms with Crippen molar-refractivity contribution in [2.45, 2.75) is 45.6 Å². The smallest absolute Gasteiger partial charge is 0.412 e. The van der Waals surface area contributed by atoms with Gasteiger partial charge in [-0.15, -0.1) is 0 Å². The number of amides is 1. The molecule has 2 rings (SSSR count). The number of ether oxygens (including phenoxy) is 2. The van der Waals surface area contributed by atoms with Gasteiger partial charge in [0.15, 0.2) is 11.5 Å². The number of hydrogen-bond donors (Lipinski definition) is 1. The Bertz CT molecular complexity index is 494. The van der Waals surface area contributed by atoms with Crippen LogP contribution in [0.15, 0.2) is 12.1 Å². The zero-order valence-electron chi connectivity index (χ0n) is 12.0. The minimum atomic E-state index is -0.470. The third-order valence-corrected chi connectivity index (χ3v) is 3.38. The van der Waals surface area contributed by atoms with Gasteiger partial charge < -0.3 is 14.8 Å². The van der Waals surface area contributed by atoms with Gasteiger partial charge in [-0.25, -0.2) is 4.79 Å². The van der Waals surface area contributed by atoms with Gasteiger partial charge >= 0.3 is 6.09 Å². The molecule has 0 atom stereocenters. The Balaban J connectivity index is 2.42. The number of fused-ring (bicyclic) bond motifs is 1. The van der Waals surface area contributed by atoms with Crippen molar-refractivity contribution in [3.8, 4) is 11.5 Å². The van der Waals surface area contributed by atoms with Crippen LogP contribution in [0.4, 0.5) is 4.79 Å². The third kappa shape index (κ3) is 3.00. The maximum Gasteiger partial charge on any atom is 0.412 e. The Morgan fingerprint density at radius 2 is 2.21 bits per heavy atom. The normalized spacial score (nSPS) is 16.2. The Labute approximate surface area is 114 Å². The molecule has 0 aliphatic carbocycles. The molecule has 0 radical (unpaired) electrons. The van der Waals surface area contributed by atoms with E-state index in [0.29, 0.717) is 11.5 Å². The summed E-state index contributed by atoms with van der Waals surface area (Å²) in [4.78, 5) is 11.4. The second-order valence-corrected chi connectivity index (χ2v) is 5.44. The lowest BCUT2D eigenvalue weighted by Crippen LogP contribution is -2.33. The van der Waals surface area contributed by atoms with Crippen molar-refractivity contribution in [3.63, 3.8) is 0 Å². The molecule has 19 heavy (non-hydrogen) atoms. The summed E-state index contributed by atoms with van der Waals surface area (Å²) in [6, 6.07) is 4.02. The molecule has 0 unspecified atom stereocenters. The van der Waals surface area contributed by atoms with Crippen molar-refractivity contribution in [1.82, 2.24) is 5.32 Å². The lowest BCUT2D eigenvalue weighted by molar-refractivity contribution is 0.0804. The van der Waals surface area contributed by atoms with Crippen LogP contribution in [-0.2, 0) is 12.8 Å². The molecule has 1 aliphatic heterocycles. The van der Waals surface area contributed by atoms with E-state index in [-0.39, 0.29) is 5.60 Å². The first-order chi connectivity index (χ1) is 8.95. The van der Waals surface area contributed by atoms with E-state index in [1.807, 2.05) is 19.9 Å². The summed E-state index contributed by atoms with van der Waals surface area (Å²) >= 11 is 0. The standard InChI is InChI=1S/C15H21NO3/c1-5-10-8-11-6-7-15(2,3)19-13(11)12(9-10)18-14(17)16-4/h8-9H,5-7H2,1-4H3,(H,16,17). The predicted molar refractivity (Wildman–Crippen MR) is 73.9 cm³/mol. The molecule has 0 aromatic heterocycles. The van der Waals surface area contributed by atoms with Gasteiger partial charge in [0, 0.05) is 7.05 Å². The summed E-state index contributed by atoms with van der Waals surface area (Å²) in [5, 5.41) is 2.46. The van der Waals surface area contributed by atoms with Crippen LogP contribution in [0, 0.1) is 0 Å². The van der Waals surface area contributed by atoms with Crippen LogP contribution < -0.4 is 14.8 Å². The lowest BCUT2D eigenvalue weighted by atomic mass is 9.92. The summed E-state index contributed by atoms with van der Waals surface area (Å²) in [6.45, 7) is 6.18. The minimum Gasteiger partial charge on any atom is -0.484 e. The fraction of sp³-hybridized carbons (Fsp3) is 0.533. The van der Waals surface area contributed by atoms with Crippen molar-refractivity contribution in [1.29, 1.82) is 0 Å². The lowest BCUT2D eigenvalue weighted by Gasteiger charge is -2.33. The van der Waals surface area contributed by atoms with Crippen LogP contribution in [0.2, 0.25) is 0 Å². The van der Waals surface area contributed by atoms with Crippen LogP contribution in [0.5, 0.6) is 11.5 Å². The van der Waals surface area contributed by atoms with Crippen LogP contribution in [0.25, 0.3) is 0 Å². The van der Waals surface area contributed by atoms with E-state index < -0.39 is 6.09 Å². The zero-order valence-corrected chi connectivity index (χ0v) is 12.0. The number of rotatable bonds is 2. The van der Waals surface area contributed by atoms with Crippen molar-refractivity contribution in [2.75, 3.05) is 7.05 Å². The quantitative estimate of drug-likeness (QED) is 0.892. The molecule has 0 saturated carbocycles. The molecule has 0 spiro atoms. The average Bonchev–Trinajstić information content (AvgIpc) is 2.38. The summed E-state index contributed by atoms with van der Waals surface area (Å²) in [5.74, 6) is 1.22. The Morgan fingerprint density at radius 1 is 1.47 bits per heavy atom. The van der Waals surface area contributed by atoms with Gasteiger partial charge in [0.1, 0.15) is 5.60 Å². The van der Waals surface area contributed by atoms with Gasteiger partial charge in [0.05, 0.1) is 0 Å². The summed E-state index contributed by atoms with van der Waals surface area (Å²) in [6.07, 6.45) is 2.34. The van der Waals surface area contributed by atoms with E-state index >= 15 is 0 Å². The van der Waals surface area contributed by atoms with Crippen LogP contribution in [0.3, 0.4) is 0 Å². The highest BCUT2D eigenvalue weighted by atomic mass is 16.6. The first-order valence-electron chi connectivity index (χ1n) is 6.69. The van der Waals surface area contributed by atoms with Crippen molar-refractivity contribution >= 4 is 6.09 Å². The molecule has 104 valence electrons. The first kappa shape index (κ1) is 13.7. The van der Waals surface area contributed by atoms with Crippen molar-refractivity contribution in [3.05, 3.63) is 23.3 Å². The van der Waals surface area contributed by atoms with Gasteiger partial charge in [-0.1, -0.05) is 13.0 Å². The number of nitrogens with one attached hydrogen (secondary N) is 1. The molecule has 0 saturated heterocycles. The molecule has 0 fully saturated rings. The fourth-order valence-electron chi connectivity index (χ4n) is 2.22. The highest BCUT2D eigenvalue weighted by Gasteiger charge is 2.29. The molecule has 1 aliphatic rings. The highest BCUT2D eigenvalue weighted by molar-refractivity contribution is 5.71. The highest BCUT2D eigenvalue weighted by Crippen LogP contribution is 2.41. The topological polar surface area (TPSA) is 47.6 Å². The molecular weight excluding hydrogens is 242 g/mol. The third-order valence-electron chi connectivity index (χ3n) is 3.38. The van der Waals surface area contributed by atoms with Crippen molar-refractivity contribution < 1.29 is 14.3 Å². The van der Waals surface area contributed by atoms with E-state index in [1.54, 1.807) is 7.05 Å². The maximum absolute atomic E-state index is 11.4. The van der Waals surface area contributed by atoms with Gasteiger partial charge in [-0.3, -0.25) is 0 Å². The van der Waals surface area contributed by atoms with Crippen LogP contribution >= 0.6 is 0 Å². The van der Waals surface area contributed by atoms with Gasteiger partial charge in [0.25, 0.3) is 0 Å². The van der Waals surface area contributed by atoms with Gasteiger partial charge in [-0.05, 0) is 50.3 Å². The largest absolute Gasteiger partial charge is 0.484 e. The first-order valence-corrected chi connectivity index (χ1v) is 6.69. The molecule has 1 aromatic carbocycles. The Morgan fingerprint density at radius 3 is 2.84 bits per heavy atom. The summed E-state index contributed by atoms with van der Waals surface area (Å²) in [7, 11) is 1.54. The average molecular weight is 263 g/mol. The number of benzene rings is 1. The molecule has 1 aromatic rings. The van der Waals surface area contributed by atoms with E-state index in [9.17, 15) is 4.79 Å². The van der Waals surface area contributed by atoms with Gasteiger partial charge in [0.2, 0.25) is 0 Å². The second kappa shape index (κ2) is 5.11. The van der Waals surface area contributed by atoms with E-state index in [1.165, 1.54) is 0 Å². The second-order valence-electron chi connectivity index (χ2n) is 5.44. The Kier molecular flexibility index (Phi) is 3.69. The van der Waals surface area contributed by atoms with Gasteiger partial charge in [-0.2, -0.15) is 0 Å². The molecule has 4 heteroatoms. The SMILES string of the molecule is CCc1cc2c(c(OC(=O)NC)c1)OC(C)(C)CC2. The Hall–Kier alpha value is -1.71. The fourth-order valence-corrected chi connectivity index (χ4v) is 2.22. The number of aryl methyl sites for hydroxylation is 2. The molecule has 1 amide bonds. The number of hydrogen-bond acceptors (Lipinski definition) is 3. The monoisotopic (exact) mass is 263 g/mol. The molecule has 4 nitrogen and oxygen atoms in total. The summed E-state index contributed by atoms with van der Waals surface area (Å²) < 4.78 is 11.3. The molecule has 1 heterocycles. The molecular formula is C15H21NO3. The van der Waals surface area contributed by atoms with Crippen LogP contribution in [-0.4, -0.2) is 18.7 Å². The number of carbonyl (C=O) groups excluding carboxylic acids is 1. The molecule has 1 N–H and O–H groups in total. The van der Waals surface area contributed by atoms with Crippen LogP contribution in [0.1, 0.15) is 38.3 Å². The maximum atomic E-state index is 11.4. The minimum absolute atomic E-state index is 0.221. The van der Waals surface area contributed by atoms with E-state index in [2.05, 4.69) is 18.3 Å². The van der Waals surface area contributed by atoms with Crippen molar-refractivity contribution in [2.24, 2.45) is 0 Å².